The molecule has 0 aliphatic heterocycles. The van der Waals surface area contributed by atoms with Crippen molar-refractivity contribution in [1.82, 2.24) is 19.6 Å². The summed E-state index contributed by atoms with van der Waals surface area (Å²) in [6, 6.07) is 6.74. The van der Waals surface area contributed by atoms with Crippen LogP contribution in [0.2, 0.25) is 0 Å². The van der Waals surface area contributed by atoms with Crippen LogP contribution in [-0.4, -0.2) is 30.9 Å². The molecule has 0 unspecified atom stereocenters. The molecule has 0 saturated carbocycles. The molecule has 0 aliphatic rings. The highest BCUT2D eigenvalue weighted by Crippen LogP contribution is 2.13. The largest absolute Gasteiger partial charge is 0.345 e. The molecule has 1 amide bonds. The van der Waals surface area contributed by atoms with Crippen LogP contribution >= 0.6 is 0 Å². The molecule has 0 aromatic carbocycles. The van der Waals surface area contributed by atoms with Gasteiger partial charge >= 0.3 is 0 Å². The van der Waals surface area contributed by atoms with E-state index < -0.39 is 10.0 Å². The van der Waals surface area contributed by atoms with Gasteiger partial charge in [0.25, 0.3) is 5.91 Å². The number of nitrogens with zero attached hydrogens (tertiary/aromatic N) is 2. The molecule has 2 heterocycles. The molecule has 2 aromatic rings. The van der Waals surface area contributed by atoms with Gasteiger partial charge in [-0.15, -0.1) is 0 Å². The molecule has 0 saturated heterocycles. The van der Waals surface area contributed by atoms with Crippen LogP contribution in [0.5, 0.6) is 0 Å². The van der Waals surface area contributed by atoms with Gasteiger partial charge in [0.05, 0.1) is 12.2 Å². The van der Waals surface area contributed by atoms with Crippen molar-refractivity contribution in [3.8, 4) is 0 Å². The van der Waals surface area contributed by atoms with E-state index in [1.807, 2.05) is 6.07 Å². The summed E-state index contributed by atoms with van der Waals surface area (Å²) < 4.78 is 27.1. The molecule has 2 rings (SSSR count). The first-order chi connectivity index (χ1) is 9.94. The number of rotatable bonds is 5. The van der Waals surface area contributed by atoms with Crippen LogP contribution in [0.15, 0.2) is 41.6 Å². The zero-order chi connectivity index (χ0) is 15.5. The van der Waals surface area contributed by atoms with E-state index in [0.717, 1.165) is 5.69 Å². The number of carbonyl (C=O) groups excluding carboxylic acids is 1. The number of hydrogen-bond acceptors (Lipinski definition) is 4. The maximum Gasteiger partial charge on any atom is 0.268 e. The Morgan fingerprint density at radius 1 is 1.38 bits per heavy atom. The van der Waals surface area contributed by atoms with E-state index in [2.05, 4.69) is 15.0 Å². The fourth-order valence-corrected chi connectivity index (χ4v) is 2.59. The van der Waals surface area contributed by atoms with E-state index in [-0.39, 0.29) is 23.0 Å². The predicted molar refractivity (Wildman–Crippen MR) is 77.1 cm³/mol. The second-order valence-corrected chi connectivity index (χ2v) is 6.27. The summed E-state index contributed by atoms with van der Waals surface area (Å²) in [5, 5.41) is 2.70. The van der Waals surface area contributed by atoms with Gasteiger partial charge in [-0.1, -0.05) is 6.07 Å². The smallest absolute Gasteiger partial charge is 0.268 e. The van der Waals surface area contributed by atoms with Gasteiger partial charge in [0.2, 0.25) is 10.0 Å². The Hall–Kier alpha value is -2.19. The minimum absolute atomic E-state index is 0.0514. The van der Waals surface area contributed by atoms with E-state index in [1.54, 1.807) is 25.4 Å². The van der Waals surface area contributed by atoms with Gasteiger partial charge in [-0.2, -0.15) is 0 Å². The monoisotopic (exact) mass is 308 g/mol. The van der Waals surface area contributed by atoms with Crippen LogP contribution < -0.4 is 10.0 Å². The lowest BCUT2D eigenvalue weighted by Crippen LogP contribution is -2.25. The van der Waals surface area contributed by atoms with Gasteiger partial charge in [-0.05, 0) is 25.2 Å². The second-order valence-electron chi connectivity index (χ2n) is 4.38. The summed E-state index contributed by atoms with van der Waals surface area (Å²) in [7, 11) is -0.626. The van der Waals surface area contributed by atoms with E-state index in [9.17, 15) is 13.2 Å². The van der Waals surface area contributed by atoms with Gasteiger partial charge < -0.3 is 9.88 Å². The molecule has 21 heavy (non-hydrogen) atoms. The maximum absolute atomic E-state index is 12.1. The molecular formula is C13H16N4O3S. The molecular weight excluding hydrogens is 292 g/mol. The van der Waals surface area contributed by atoms with Crippen molar-refractivity contribution in [3.63, 3.8) is 0 Å². The Morgan fingerprint density at radius 3 is 2.76 bits per heavy atom. The first-order valence-corrected chi connectivity index (χ1v) is 7.70. The van der Waals surface area contributed by atoms with E-state index in [0.29, 0.717) is 0 Å². The van der Waals surface area contributed by atoms with Gasteiger partial charge in [0, 0.05) is 19.4 Å². The maximum atomic E-state index is 12.1. The number of pyridine rings is 1. The van der Waals surface area contributed by atoms with Gasteiger partial charge in [-0.25, -0.2) is 13.1 Å². The molecule has 0 spiro atoms. The molecule has 0 fully saturated rings. The standard InChI is InChI=1S/C13H16N4O3S/c1-14-21(19,20)11-7-12(17(2)9-11)13(18)16-8-10-5-3-4-6-15-10/h3-7,9,14H,8H2,1-2H3,(H,16,18). The van der Waals surface area contributed by atoms with Crippen LogP contribution in [0.3, 0.4) is 0 Å². The number of hydrogen-bond donors (Lipinski definition) is 2. The minimum atomic E-state index is -3.56. The summed E-state index contributed by atoms with van der Waals surface area (Å²) in [6.07, 6.45) is 3.03. The first-order valence-electron chi connectivity index (χ1n) is 6.22. The van der Waals surface area contributed by atoms with Crippen LogP contribution in [-0.2, 0) is 23.6 Å². The predicted octanol–water partition coefficient (Wildman–Crippen LogP) is 0.258. The Balaban J connectivity index is 2.13. The first kappa shape index (κ1) is 15.2. The molecule has 112 valence electrons. The number of amides is 1. The SMILES string of the molecule is CNS(=O)(=O)c1cc(C(=O)NCc2ccccn2)n(C)c1. The van der Waals surface area contributed by atoms with Gasteiger partial charge in [-0.3, -0.25) is 9.78 Å². The Kier molecular flexibility index (Phi) is 4.39. The van der Waals surface area contributed by atoms with Gasteiger partial charge in [0.1, 0.15) is 10.6 Å². The highest BCUT2D eigenvalue weighted by molar-refractivity contribution is 7.89. The Labute approximate surface area is 123 Å². The van der Waals surface area contributed by atoms with Crippen LogP contribution in [0.1, 0.15) is 16.2 Å². The lowest BCUT2D eigenvalue weighted by Gasteiger charge is -2.05. The lowest BCUT2D eigenvalue weighted by atomic mass is 10.3. The third-order valence-electron chi connectivity index (χ3n) is 2.95. The summed E-state index contributed by atoms with van der Waals surface area (Å²) in [6.45, 7) is 0.277. The summed E-state index contributed by atoms with van der Waals surface area (Å²) in [4.78, 5) is 16.2. The van der Waals surface area contributed by atoms with Crippen molar-refractivity contribution in [2.75, 3.05) is 7.05 Å². The van der Waals surface area contributed by atoms with E-state index >= 15 is 0 Å². The Morgan fingerprint density at radius 2 is 2.14 bits per heavy atom. The number of aromatic nitrogens is 2. The zero-order valence-corrected chi connectivity index (χ0v) is 12.5. The third-order valence-corrected chi connectivity index (χ3v) is 4.33. The van der Waals surface area contributed by atoms with Crippen molar-refractivity contribution in [2.45, 2.75) is 11.4 Å². The number of carbonyl (C=O) groups is 1. The fourth-order valence-electron chi connectivity index (χ4n) is 1.79. The van der Waals surface area contributed by atoms with E-state index in [1.165, 1.54) is 23.9 Å². The lowest BCUT2D eigenvalue weighted by molar-refractivity contribution is 0.0942. The molecule has 7 nitrogen and oxygen atoms in total. The van der Waals surface area contributed by atoms with Crippen molar-refractivity contribution < 1.29 is 13.2 Å². The molecule has 2 N–H and O–H groups in total. The number of aryl methyl sites for hydroxylation is 1. The van der Waals surface area contributed by atoms with Crippen LogP contribution in [0.4, 0.5) is 0 Å². The minimum Gasteiger partial charge on any atom is -0.345 e. The molecule has 0 bridgehead atoms. The number of sulfonamides is 1. The average molecular weight is 308 g/mol. The van der Waals surface area contributed by atoms with Gasteiger partial charge in [0.15, 0.2) is 0 Å². The average Bonchev–Trinajstić information content (AvgIpc) is 2.89. The molecule has 0 atom stereocenters. The summed E-state index contributed by atoms with van der Waals surface area (Å²) in [5.74, 6) is -0.360. The van der Waals surface area contributed by atoms with Crippen molar-refractivity contribution in [2.24, 2.45) is 7.05 Å². The third kappa shape index (κ3) is 3.47. The molecule has 0 radical (unpaired) electrons. The summed E-state index contributed by atoms with van der Waals surface area (Å²) >= 11 is 0. The van der Waals surface area contributed by atoms with Crippen molar-refractivity contribution >= 4 is 15.9 Å². The summed E-state index contributed by atoms with van der Waals surface area (Å²) in [5.41, 5.74) is 0.989. The van der Waals surface area contributed by atoms with E-state index in [4.69, 9.17) is 0 Å². The normalized spacial score (nSPS) is 11.3. The zero-order valence-electron chi connectivity index (χ0n) is 11.7. The Bertz CT molecular complexity index is 738. The highest BCUT2D eigenvalue weighted by atomic mass is 32.2. The van der Waals surface area contributed by atoms with Crippen LogP contribution in [0.25, 0.3) is 0 Å². The molecule has 0 aliphatic carbocycles. The highest BCUT2D eigenvalue weighted by Gasteiger charge is 2.18. The molecule has 2 aromatic heterocycles. The second kappa shape index (κ2) is 6.06. The van der Waals surface area contributed by atoms with Crippen LogP contribution in [0, 0.1) is 0 Å². The fraction of sp³-hybridized carbons (Fsp3) is 0.231. The van der Waals surface area contributed by atoms with Crippen molar-refractivity contribution in [3.05, 3.63) is 48.0 Å². The quantitative estimate of drug-likeness (QED) is 0.828. The van der Waals surface area contributed by atoms with Crippen molar-refractivity contribution in [1.29, 1.82) is 0 Å². The molecule has 8 heteroatoms. The topological polar surface area (TPSA) is 93.1 Å². The number of nitrogens with one attached hydrogen (secondary N) is 2.